The van der Waals surface area contributed by atoms with Gasteiger partial charge < -0.3 is 14.6 Å². The molecule has 1 fully saturated rings. The molecule has 0 saturated carbocycles. The molecule has 0 spiro atoms. The zero-order chi connectivity index (χ0) is 14.3. The van der Waals surface area contributed by atoms with E-state index in [2.05, 4.69) is 19.9 Å². The van der Waals surface area contributed by atoms with Gasteiger partial charge in [-0.05, 0) is 32.8 Å². The summed E-state index contributed by atoms with van der Waals surface area (Å²) in [5.41, 5.74) is 1.68. The first-order chi connectivity index (χ1) is 9.49. The summed E-state index contributed by atoms with van der Waals surface area (Å²) in [5.74, 6) is 0.182. The van der Waals surface area contributed by atoms with Gasteiger partial charge in [-0.1, -0.05) is 36.4 Å². The lowest BCUT2D eigenvalue weighted by atomic mass is 9.75. The second kappa shape index (κ2) is 4.99. The number of aliphatic hydroxyl groups is 1. The van der Waals surface area contributed by atoms with Gasteiger partial charge in [-0.2, -0.15) is 0 Å². The van der Waals surface area contributed by atoms with Crippen LogP contribution in [0.25, 0.3) is 0 Å². The number of hydrogen-bond donors (Lipinski definition) is 1. The molecule has 0 radical (unpaired) electrons. The van der Waals surface area contributed by atoms with E-state index in [1.807, 2.05) is 37.3 Å². The zero-order valence-corrected chi connectivity index (χ0v) is 12.2. The summed E-state index contributed by atoms with van der Waals surface area (Å²) in [4.78, 5) is 0. The third-order valence-electron chi connectivity index (χ3n) is 4.52. The average Bonchev–Trinajstić information content (AvgIpc) is 2.43. The lowest BCUT2D eigenvalue weighted by Gasteiger charge is -2.50. The molecule has 1 saturated heterocycles. The molecule has 0 aromatic heterocycles. The molecule has 108 valence electrons. The van der Waals surface area contributed by atoms with Crippen LogP contribution in [0.5, 0.6) is 0 Å². The van der Waals surface area contributed by atoms with Crippen molar-refractivity contribution in [3.05, 3.63) is 47.5 Å². The van der Waals surface area contributed by atoms with Crippen LogP contribution in [-0.4, -0.2) is 22.9 Å². The molecule has 1 aliphatic heterocycles. The highest BCUT2D eigenvalue weighted by atomic mass is 16.7. The van der Waals surface area contributed by atoms with Crippen LogP contribution < -0.4 is 0 Å². The van der Waals surface area contributed by atoms with Gasteiger partial charge >= 0.3 is 0 Å². The lowest BCUT2D eigenvalue weighted by molar-refractivity contribution is -0.318. The minimum atomic E-state index is -0.539. The van der Waals surface area contributed by atoms with Crippen molar-refractivity contribution in [2.24, 2.45) is 5.92 Å². The van der Waals surface area contributed by atoms with Gasteiger partial charge in [0, 0.05) is 11.5 Å². The van der Waals surface area contributed by atoms with Crippen LogP contribution >= 0.6 is 0 Å². The van der Waals surface area contributed by atoms with Crippen LogP contribution in [0.2, 0.25) is 0 Å². The Labute approximate surface area is 120 Å². The molecule has 1 aromatic rings. The van der Waals surface area contributed by atoms with E-state index in [0.29, 0.717) is 0 Å². The number of hydrogen-bond acceptors (Lipinski definition) is 3. The van der Waals surface area contributed by atoms with Gasteiger partial charge in [-0.15, -0.1) is 0 Å². The van der Waals surface area contributed by atoms with E-state index in [4.69, 9.17) is 9.47 Å². The molecule has 0 bridgehead atoms. The van der Waals surface area contributed by atoms with Crippen LogP contribution in [0.4, 0.5) is 0 Å². The molecule has 1 N–H and O–H groups in total. The van der Waals surface area contributed by atoms with Crippen LogP contribution in [0, 0.1) is 5.92 Å². The van der Waals surface area contributed by atoms with Crippen molar-refractivity contribution < 1.29 is 14.6 Å². The monoisotopic (exact) mass is 274 g/mol. The first-order valence-corrected chi connectivity index (χ1v) is 7.22. The molecule has 0 unspecified atom stereocenters. The smallest absolute Gasteiger partial charge is 0.184 e. The second-order valence-corrected chi connectivity index (χ2v) is 6.30. The quantitative estimate of drug-likeness (QED) is 0.799. The fourth-order valence-corrected chi connectivity index (χ4v) is 3.19. The van der Waals surface area contributed by atoms with Gasteiger partial charge in [-0.25, -0.2) is 0 Å². The molecule has 1 aromatic carbocycles. The van der Waals surface area contributed by atoms with Crippen LogP contribution in [0.15, 0.2) is 42.0 Å². The summed E-state index contributed by atoms with van der Waals surface area (Å²) < 4.78 is 12.2. The number of ether oxygens (including phenoxy) is 2. The fourth-order valence-electron chi connectivity index (χ4n) is 3.19. The summed E-state index contributed by atoms with van der Waals surface area (Å²) in [6, 6.07) is 9.92. The first-order valence-electron chi connectivity index (χ1n) is 7.22. The van der Waals surface area contributed by atoms with Crippen molar-refractivity contribution in [3.63, 3.8) is 0 Å². The molecule has 0 amide bonds. The average molecular weight is 274 g/mol. The van der Waals surface area contributed by atoms with Gasteiger partial charge in [0.15, 0.2) is 6.29 Å². The Bertz CT molecular complexity index is 506. The number of aliphatic hydroxyl groups excluding tert-OH is 1. The molecule has 1 heterocycles. The predicted octanol–water partition coefficient (Wildman–Crippen LogP) is 3.21. The van der Waals surface area contributed by atoms with E-state index in [-0.39, 0.29) is 17.6 Å². The van der Waals surface area contributed by atoms with Crippen LogP contribution in [0.1, 0.15) is 39.0 Å². The van der Waals surface area contributed by atoms with Crippen molar-refractivity contribution >= 4 is 0 Å². The normalized spacial score (nSPS) is 36.1. The maximum absolute atomic E-state index is 10.4. The summed E-state index contributed by atoms with van der Waals surface area (Å²) in [5, 5.41) is 10.4. The Hall–Kier alpha value is -1.16. The Kier molecular flexibility index (Phi) is 3.44. The SMILES string of the molecule is CC1=CC[C@@H]2[C@@H](O[C@H](c3ccccc3)OC2(C)C)[C@@H]1O. The van der Waals surface area contributed by atoms with E-state index in [1.54, 1.807) is 0 Å². The molecule has 3 heteroatoms. The van der Waals surface area contributed by atoms with Gasteiger partial charge in [-0.3, -0.25) is 0 Å². The summed E-state index contributed by atoms with van der Waals surface area (Å²) >= 11 is 0. The van der Waals surface area contributed by atoms with Crippen molar-refractivity contribution in [1.29, 1.82) is 0 Å². The zero-order valence-electron chi connectivity index (χ0n) is 12.2. The topological polar surface area (TPSA) is 38.7 Å². The first kappa shape index (κ1) is 13.8. The molecular weight excluding hydrogens is 252 g/mol. The second-order valence-electron chi connectivity index (χ2n) is 6.30. The minimum absolute atomic E-state index is 0.182. The standard InChI is InChI=1S/C17H22O3/c1-11-9-10-13-15(14(11)18)19-16(20-17(13,2)3)12-7-5-4-6-8-12/h4-9,13-16,18H,10H2,1-3H3/t13-,14-,15-,16+/m1/s1. The molecule has 4 atom stereocenters. The maximum atomic E-state index is 10.4. The molecular formula is C17H22O3. The van der Waals surface area contributed by atoms with E-state index in [9.17, 15) is 5.11 Å². The van der Waals surface area contributed by atoms with E-state index in [0.717, 1.165) is 17.6 Å². The fraction of sp³-hybridized carbons (Fsp3) is 0.529. The molecule has 20 heavy (non-hydrogen) atoms. The van der Waals surface area contributed by atoms with Gasteiger partial charge in [0.1, 0.15) is 6.10 Å². The van der Waals surface area contributed by atoms with Crippen LogP contribution in [0.3, 0.4) is 0 Å². The number of allylic oxidation sites excluding steroid dienone is 1. The van der Waals surface area contributed by atoms with Crippen molar-refractivity contribution in [2.45, 2.75) is 51.3 Å². The lowest BCUT2D eigenvalue weighted by Crippen LogP contribution is -2.55. The third-order valence-corrected chi connectivity index (χ3v) is 4.52. The van der Waals surface area contributed by atoms with E-state index < -0.39 is 12.4 Å². The molecule has 2 aliphatic rings. The van der Waals surface area contributed by atoms with Gasteiger partial charge in [0.2, 0.25) is 0 Å². The number of fused-ring (bicyclic) bond motifs is 1. The molecule has 1 aliphatic carbocycles. The molecule has 3 rings (SSSR count). The third kappa shape index (κ3) is 2.30. The van der Waals surface area contributed by atoms with Gasteiger partial charge in [0.05, 0.1) is 11.7 Å². The highest BCUT2D eigenvalue weighted by Gasteiger charge is 2.49. The minimum Gasteiger partial charge on any atom is -0.386 e. The predicted molar refractivity (Wildman–Crippen MR) is 77.1 cm³/mol. The Morgan fingerprint density at radius 2 is 1.90 bits per heavy atom. The van der Waals surface area contributed by atoms with Crippen molar-refractivity contribution in [3.8, 4) is 0 Å². The van der Waals surface area contributed by atoms with Gasteiger partial charge in [0.25, 0.3) is 0 Å². The van der Waals surface area contributed by atoms with Crippen LogP contribution in [-0.2, 0) is 9.47 Å². The van der Waals surface area contributed by atoms with Crippen molar-refractivity contribution in [2.75, 3.05) is 0 Å². The number of rotatable bonds is 1. The summed E-state index contributed by atoms with van der Waals surface area (Å²) in [6.07, 6.45) is 1.84. The Morgan fingerprint density at radius 1 is 1.20 bits per heavy atom. The van der Waals surface area contributed by atoms with E-state index in [1.165, 1.54) is 0 Å². The largest absolute Gasteiger partial charge is 0.386 e. The summed E-state index contributed by atoms with van der Waals surface area (Å²) in [6.45, 7) is 6.14. The Morgan fingerprint density at radius 3 is 2.60 bits per heavy atom. The van der Waals surface area contributed by atoms with E-state index >= 15 is 0 Å². The van der Waals surface area contributed by atoms with Crippen molar-refractivity contribution in [1.82, 2.24) is 0 Å². The Balaban J connectivity index is 1.91. The highest BCUT2D eigenvalue weighted by molar-refractivity contribution is 5.20. The highest BCUT2D eigenvalue weighted by Crippen LogP contribution is 2.45. The number of benzene rings is 1. The summed E-state index contributed by atoms with van der Waals surface area (Å²) in [7, 11) is 0. The molecule has 3 nitrogen and oxygen atoms in total. The maximum Gasteiger partial charge on any atom is 0.184 e.